The monoisotopic (exact) mass is 600 g/mol. The largest absolute Gasteiger partial charge is 0.466 e. The highest BCUT2D eigenvalue weighted by atomic mass is 32.2. The minimum atomic E-state index is -4.18. The fourth-order valence-electron chi connectivity index (χ4n) is 5.26. The van der Waals surface area contributed by atoms with Crippen LogP contribution in [0.1, 0.15) is 45.4 Å². The number of fused-ring (bicyclic) bond motifs is 1. The Labute approximate surface area is 246 Å². The van der Waals surface area contributed by atoms with Gasteiger partial charge < -0.3 is 26.1 Å². The first-order chi connectivity index (χ1) is 20.2. The van der Waals surface area contributed by atoms with Crippen LogP contribution >= 0.6 is 0 Å². The van der Waals surface area contributed by atoms with Crippen molar-refractivity contribution in [3.05, 3.63) is 42.5 Å². The topological polar surface area (TPSA) is 172 Å². The number of piperidine rings is 1. The number of nitrogens with one attached hydrogen (secondary N) is 3. The molecular formula is C29H40N6O6S. The lowest BCUT2D eigenvalue weighted by Gasteiger charge is -2.30. The molecule has 42 heavy (non-hydrogen) atoms. The lowest BCUT2D eigenvalue weighted by Crippen LogP contribution is -2.53. The maximum absolute atomic E-state index is 13.9. The van der Waals surface area contributed by atoms with Crippen molar-refractivity contribution >= 4 is 44.8 Å². The van der Waals surface area contributed by atoms with E-state index >= 15 is 0 Å². The number of amides is 2. The first-order valence-electron chi connectivity index (χ1n) is 14.4. The van der Waals surface area contributed by atoms with Crippen LogP contribution in [-0.4, -0.2) is 81.7 Å². The van der Waals surface area contributed by atoms with Gasteiger partial charge in [-0.1, -0.05) is 30.3 Å². The maximum atomic E-state index is 13.9. The Kier molecular flexibility index (Phi) is 10.9. The van der Waals surface area contributed by atoms with E-state index in [2.05, 4.69) is 20.5 Å². The number of carbonyl (C=O) groups excluding carboxylic acids is 3. The highest BCUT2D eigenvalue weighted by molar-refractivity contribution is 7.89. The standard InChI is InChI=1S/C29H40N6O6S/c1-20(36)41-15-5-14-35(24-10-11-24)29(38)26(17-28(37)33-27(19-32-30)23-8-4-13-31-18-23)34-42(39,40)25-12-9-21-6-2-3-7-22(21)16-25/h2-3,6-7,9,12,16,19,23-24,26-27,31,34H,4-5,8,10-11,13-15,17-18,30H2,1H3,(H,33,37)/t23?,26-,27+/m0/s1. The van der Waals surface area contributed by atoms with E-state index in [0.29, 0.717) is 13.0 Å². The summed E-state index contributed by atoms with van der Waals surface area (Å²) in [7, 11) is -4.18. The Bertz CT molecular complexity index is 1390. The lowest BCUT2D eigenvalue weighted by atomic mass is 9.92. The van der Waals surface area contributed by atoms with Crippen LogP contribution in [0.2, 0.25) is 0 Å². The molecule has 1 heterocycles. The average Bonchev–Trinajstić information content (AvgIpc) is 3.81. The normalized spacial score (nSPS) is 18.8. The molecule has 2 amide bonds. The van der Waals surface area contributed by atoms with Gasteiger partial charge in [-0.15, -0.1) is 0 Å². The summed E-state index contributed by atoms with van der Waals surface area (Å²) in [5, 5.41) is 11.4. The van der Waals surface area contributed by atoms with Gasteiger partial charge in [0.2, 0.25) is 21.8 Å². The maximum Gasteiger partial charge on any atom is 0.302 e. The zero-order valence-corrected chi connectivity index (χ0v) is 24.6. The average molecular weight is 601 g/mol. The third-order valence-electron chi connectivity index (χ3n) is 7.55. The summed E-state index contributed by atoms with van der Waals surface area (Å²) in [5.41, 5.74) is 0. The number of hydrogen-bond acceptors (Lipinski definition) is 9. The van der Waals surface area contributed by atoms with Crippen LogP contribution in [0.25, 0.3) is 10.8 Å². The van der Waals surface area contributed by atoms with Gasteiger partial charge in [0.25, 0.3) is 0 Å². The molecule has 1 saturated heterocycles. The fraction of sp³-hybridized carbons (Fsp3) is 0.517. The van der Waals surface area contributed by atoms with E-state index < -0.39 is 46.3 Å². The van der Waals surface area contributed by atoms with Crippen molar-refractivity contribution in [3.63, 3.8) is 0 Å². The number of hydrogen-bond donors (Lipinski definition) is 4. The first kappa shape index (κ1) is 31.4. The van der Waals surface area contributed by atoms with Crippen molar-refractivity contribution < 1.29 is 27.5 Å². The van der Waals surface area contributed by atoms with E-state index in [1.807, 2.05) is 24.3 Å². The third-order valence-corrected chi connectivity index (χ3v) is 9.02. The van der Waals surface area contributed by atoms with Crippen LogP contribution in [-0.2, 0) is 29.1 Å². The Hall–Kier alpha value is -3.55. The second-order valence-electron chi connectivity index (χ2n) is 10.8. The van der Waals surface area contributed by atoms with Crippen LogP contribution in [0.15, 0.2) is 52.5 Å². The summed E-state index contributed by atoms with van der Waals surface area (Å²) in [4.78, 5) is 40.0. The predicted octanol–water partition coefficient (Wildman–Crippen LogP) is 1.25. The molecule has 2 aromatic rings. The number of esters is 1. The number of nitrogens with zero attached hydrogens (tertiary/aromatic N) is 2. The van der Waals surface area contributed by atoms with E-state index in [1.54, 1.807) is 17.0 Å². The fourth-order valence-corrected chi connectivity index (χ4v) is 6.49. The molecule has 228 valence electrons. The first-order valence-corrected chi connectivity index (χ1v) is 15.8. The summed E-state index contributed by atoms with van der Waals surface area (Å²) >= 11 is 0. The van der Waals surface area contributed by atoms with Crippen LogP contribution in [0, 0.1) is 5.92 Å². The molecule has 0 bridgehead atoms. The zero-order valence-electron chi connectivity index (χ0n) is 23.8. The molecule has 2 fully saturated rings. The number of ether oxygens (including phenoxy) is 1. The Morgan fingerprint density at radius 1 is 1.17 bits per heavy atom. The molecule has 4 rings (SSSR count). The number of carbonyl (C=O) groups is 3. The van der Waals surface area contributed by atoms with Crippen LogP contribution in [0.5, 0.6) is 0 Å². The molecule has 1 unspecified atom stereocenters. The summed E-state index contributed by atoms with van der Waals surface area (Å²) in [6.07, 6.45) is 4.80. The van der Waals surface area contributed by atoms with Gasteiger partial charge in [-0.2, -0.15) is 9.82 Å². The van der Waals surface area contributed by atoms with Gasteiger partial charge in [0.1, 0.15) is 6.04 Å². The molecule has 1 aliphatic heterocycles. The van der Waals surface area contributed by atoms with E-state index in [4.69, 9.17) is 10.6 Å². The quantitative estimate of drug-likeness (QED) is 0.0825. The Balaban J connectivity index is 1.55. The van der Waals surface area contributed by atoms with Gasteiger partial charge in [-0.25, -0.2) is 8.42 Å². The Morgan fingerprint density at radius 3 is 2.60 bits per heavy atom. The smallest absolute Gasteiger partial charge is 0.302 e. The van der Waals surface area contributed by atoms with E-state index in [1.165, 1.54) is 19.2 Å². The second kappa shape index (κ2) is 14.6. The number of rotatable bonds is 14. The molecule has 5 N–H and O–H groups in total. The number of hydrazone groups is 1. The Morgan fingerprint density at radius 2 is 1.93 bits per heavy atom. The van der Waals surface area contributed by atoms with E-state index in [-0.39, 0.29) is 30.0 Å². The van der Waals surface area contributed by atoms with Crippen molar-refractivity contribution in [2.45, 2.75) is 68.5 Å². The second-order valence-corrected chi connectivity index (χ2v) is 12.6. The third kappa shape index (κ3) is 8.73. The minimum absolute atomic E-state index is 0.00587. The molecule has 1 saturated carbocycles. The summed E-state index contributed by atoms with van der Waals surface area (Å²) in [5.74, 6) is 4.06. The van der Waals surface area contributed by atoms with Crippen molar-refractivity contribution in [2.24, 2.45) is 16.9 Å². The summed E-state index contributed by atoms with van der Waals surface area (Å²) in [6.45, 7) is 3.27. The molecule has 3 atom stereocenters. The summed E-state index contributed by atoms with van der Waals surface area (Å²) < 4.78 is 34.7. The van der Waals surface area contributed by atoms with Crippen LogP contribution in [0.4, 0.5) is 0 Å². The van der Waals surface area contributed by atoms with Gasteiger partial charge in [0.15, 0.2) is 0 Å². The van der Waals surface area contributed by atoms with Crippen LogP contribution in [0.3, 0.4) is 0 Å². The molecule has 0 radical (unpaired) electrons. The van der Waals surface area contributed by atoms with Gasteiger partial charge in [-0.05, 0) is 67.5 Å². The van der Waals surface area contributed by atoms with Crippen molar-refractivity contribution in [1.82, 2.24) is 20.3 Å². The SMILES string of the molecule is CC(=O)OCCCN(C(=O)[C@H](CC(=O)N[C@H](C=NN)C1CCCNC1)NS(=O)(=O)c1ccc2ccccc2c1)C1CC1. The molecule has 2 aromatic carbocycles. The lowest BCUT2D eigenvalue weighted by molar-refractivity contribution is -0.141. The van der Waals surface area contributed by atoms with Crippen molar-refractivity contribution in [3.8, 4) is 0 Å². The van der Waals surface area contributed by atoms with Crippen molar-refractivity contribution in [1.29, 1.82) is 0 Å². The highest BCUT2D eigenvalue weighted by Crippen LogP contribution is 2.28. The van der Waals surface area contributed by atoms with Gasteiger partial charge in [0, 0.05) is 32.3 Å². The molecule has 13 heteroatoms. The molecule has 0 aromatic heterocycles. The number of nitrogens with two attached hydrogens (primary N) is 1. The molecule has 1 aliphatic carbocycles. The predicted molar refractivity (Wildman–Crippen MR) is 159 cm³/mol. The van der Waals surface area contributed by atoms with Crippen LogP contribution < -0.4 is 21.2 Å². The molecular weight excluding hydrogens is 560 g/mol. The minimum Gasteiger partial charge on any atom is -0.466 e. The number of sulfonamides is 1. The van der Waals surface area contributed by atoms with Gasteiger partial charge in [-0.3, -0.25) is 14.4 Å². The highest BCUT2D eigenvalue weighted by Gasteiger charge is 2.38. The molecule has 12 nitrogen and oxygen atoms in total. The number of benzene rings is 2. The molecule has 2 aliphatic rings. The van der Waals surface area contributed by atoms with Gasteiger partial charge >= 0.3 is 5.97 Å². The van der Waals surface area contributed by atoms with Crippen molar-refractivity contribution in [2.75, 3.05) is 26.2 Å². The van der Waals surface area contributed by atoms with Gasteiger partial charge in [0.05, 0.1) is 24.0 Å². The molecule has 0 spiro atoms. The van der Waals surface area contributed by atoms with E-state index in [0.717, 1.165) is 43.0 Å². The summed E-state index contributed by atoms with van der Waals surface area (Å²) in [6, 6.07) is 10.2. The van der Waals surface area contributed by atoms with E-state index in [9.17, 15) is 22.8 Å². The zero-order chi connectivity index (χ0) is 30.1.